The Balaban J connectivity index is 2.08. The molecule has 1 fully saturated rings. The summed E-state index contributed by atoms with van der Waals surface area (Å²) in [4.78, 5) is 15.0. The first-order chi connectivity index (χ1) is 9.18. The van der Waals surface area contributed by atoms with Crippen molar-refractivity contribution in [2.24, 2.45) is 0 Å². The second-order valence-electron chi connectivity index (χ2n) is 5.33. The van der Waals surface area contributed by atoms with E-state index in [-0.39, 0.29) is 12.1 Å². The Bertz CT molecular complexity index is 579. The average molecular weight is 261 g/mol. The quantitative estimate of drug-likeness (QED) is 0.884. The highest BCUT2D eigenvalue weighted by molar-refractivity contribution is 5.83. The van der Waals surface area contributed by atoms with E-state index in [1.54, 1.807) is 12.7 Å². The van der Waals surface area contributed by atoms with Crippen LogP contribution in [0.3, 0.4) is 0 Å². The number of anilines is 1. The van der Waals surface area contributed by atoms with E-state index >= 15 is 0 Å². The highest BCUT2D eigenvalue weighted by Crippen LogP contribution is 2.31. The molecule has 2 aromatic heterocycles. The first-order valence-corrected chi connectivity index (χ1v) is 6.71. The molecule has 6 nitrogen and oxygen atoms in total. The summed E-state index contributed by atoms with van der Waals surface area (Å²) >= 11 is 0. The van der Waals surface area contributed by atoms with Crippen LogP contribution in [0.1, 0.15) is 31.7 Å². The molecule has 3 rings (SSSR count). The molecule has 0 unspecified atom stereocenters. The summed E-state index contributed by atoms with van der Waals surface area (Å²) in [7, 11) is 3.88. The molecular formula is C13H19N5O. The van der Waals surface area contributed by atoms with Crippen LogP contribution in [0.4, 0.5) is 5.82 Å². The van der Waals surface area contributed by atoms with Gasteiger partial charge in [-0.1, -0.05) is 12.8 Å². The zero-order valence-corrected chi connectivity index (χ0v) is 11.3. The number of hydrogen-bond acceptors (Lipinski definition) is 5. The number of fused-ring (bicyclic) bond motifs is 1. The van der Waals surface area contributed by atoms with Crippen LogP contribution < -0.4 is 4.90 Å². The molecule has 2 heterocycles. The van der Waals surface area contributed by atoms with E-state index in [1.807, 2.05) is 23.6 Å². The summed E-state index contributed by atoms with van der Waals surface area (Å²) < 4.78 is 2.01. The largest absolute Gasteiger partial charge is 0.391 e. The first-order valence-electron chi connectivity index (χ1n) is 6.71. The Labute approximate surface area is 112 Å². The lowest BCUT2D eigenvalue weighted by molar-refractivity contribution is 0.0770. The van der Waals surface area contributed by atoms with Gasteiger partial charge in [0.05, 0.1) is 18.5 Å². The maximum absolute atomic E-state index is 10.2. The van der Waals surface area contributed by atoms with E-state index in [2.05, 4.69) is 15.0 Å². The highest BCUT2D eigenvalue weighted by atomic mass is 16.3. The molecule has 1 aliphatic rings. The molecule has 0 aromatic carbocycles. The lowest BCUT2D eigenvalue weighted by Gasteiger charge is -2.28. The van der Waals surface area contributed by atoms with Crippen LogP contribution in [-0.2, 0) is 0 Å². The summed E-state index contributed by atoms with van der Waals surface area (Å²) in [5, 5.41) is 10.2. The number of aliphatic hydroxyl groups is 1. The van der Waals surface area contributed by atoms with Gasteiger partial charge in [-0.05, 0) is 12.8 Å². The lowest BCUT2D eigenvalue weighted by atomic mass is 9.92. The Morgan fingerprint density at radius 2 is 2.00 bits per heavy atom. The van der Waals surface area contributed by atoms with E-state index in [0.717, 1.165) is 42.7 Å². The third-order valence-electron chi connectivity index (χ3n) is 3.81. The number of nitrogens with zero attached hydrogens (tertiary/aromatic N) is 5. The molecule has 19 heavy (non-hydrogen) atoms. The van der Waals surface area contributed by atoms with Gasteiger partial charge >= 0.3 is 0 Å². The van der Waals surface area contributed by atoms with Crippen LogP contribution in [0.5, 0.6) is 0 Å². The molecule has 0 spiro atoms. The molecule has 0 aliphatic heterocycles. The van der Waals surface area contributed by atoms with Gasteiger partial charge in [-0.15, -0.1) is 0 Å². The van der Waals surface area contributed by atoms with Crippen LogP contribution in [-0.4, -0.2) is 44.8 Å². The zero-order valence-electron chi connectivity index (χ0n) is 11.3. The fraction of sp³-hybridized carbons (Fsp3) is 0.615. The predicted octanol–water partition coefficient (Wildman–Crippen LogP) is 1.37. The molecular weight excluding hydrogens is 242 g/mol. The second-order valence-corrected chi connectivity index (χ2v) is 5.33. The van der Waals surface area contributed by atoms with Crippen molar-refractivity contribution in [1.82, 2.24) is 19.5 Å². The lowest BCUT2D eigenvalue weighted by Crippen LogP contribution is -2.27. The summed E-state index contributed by atoms with van der Waals surface area (Å²) in [6.07, 6.45) is 7.12. The summed E-state index contributed by atoms with van der Waals surface area (Å²) in [6.45, 7) is 0. The number of imidazole rings is 1. The molecule has 2 atom stereocenters. The fourth-order valence-corrected chi connectivity index (χ4v) is 2.83. The van der Waals surface area contributed by atoms with Gasteiger partial charge in [0.15, 0.2) is 17.0 Å². The second kappa shape index (κ2) is 4.77. The molecule has 0 radical (unpaired) electrons. The van der Waals surface area contributed by atoms with E-state index < -0.39 is 0 Å². The minimum Gasteiger partial charge on any atom is -0.391 e. The van der Waals surface area contributed by atoms with Crippen molar-refractivity contribution in [3.05, 3.63) is 12.7 Å². The van der Waals surface area contributed by atoms with Gasteiger partial charge in [-0.3, -0.25) is 0 Å². The van der Waals surface area contributed by atoms with Gasteiger partial charge in [0.1, 0.15) is 6.33 Å². The minimum absolute atomic E-state index is 0.0867. The number of rotatable bonds is 2. The van der Waals surface area contributed by atoms with Crippen LogP contribution in [0, 0.1) is 0 Å². The highest BCUT2D eigenvalue weighted by Gasteiger charge is 2.26. The molecule has 2 aromatic rings. The summed E-state index contributed by atoms with van der Waals surface area (Å²) in [5.74, 6) is 0.814. The van der Waals surface area contributed by atoms with Crippen LogP contribution in [0.15, 0.2) is 12.7 Å². The van der Waals surface area contributed by atoms with Crippen molar-refractivity contribution in [1.29, 1.82) is 0 Å². The monoisotopic (exact) mass is 261 g/mol. The summed E-state index contributed by atoms with van der Waals surface area (Å²) in [5.41, 5.74) is 1.61. The van der Waals surface area contributed by atoms with Crippen molar-refractivity contribution >= 4 is 17.0 Å². The van der Waals surface area contributed by atoms with E-state index in [9.17, 15) is 5.11 Å². The van der Waals surface area contributed by atoms with Crippen LogP contribution in [0.25, 0.3) is 11.2 Å². The number of hydrogen-bond donors (Lipinski definition) is 1. The first kappa shape index (κ1) is 12.3. The number of aromatic nitrogens is 4. The smallest absolute Gasteiger partial charge is 0.165 e. The third kappa shape index (κ3) is 2.06. The van der Waals surface area contributed by atoms with Gasteiger partial charge in [0.2, 0.25) is 0 Å². The number of aliphatic hydroxyl groups excluding tert-OH is 1. The van der Waals surface area contributed by atoms with E-state index in [4.69, 9.17) is 0 Å². The Morgan fingerprint density at radius 3 is 2.74 bits per heavy atom. The van der Waals surface area contributed by atoms with Crippen molar-refractivity contribution in [3.8, 4) is 0 Å². The Hall–Kier alpha value is -1.69. The third-order valence-corrected chi connectivity index (χ3v) is 3.81. The Kier molecular flexibility index (Phi) is 3.10. The maximum Gasteiger partial charge on any atom is 0.165 e. The van der Waals surface area contributed by atoms with Gasteiger partial charge in [-0.2, -0.15) is 0 Å². The van der Waals surface area contributed by atoms with Crippen LogP contribution >= 0.6 is 0 Å². The average Bonchev–Trinajstić information content (AvgIpc) is 2.82. The molecule has 1 saturated carbocycles. The van der Waals surface area contributed by atoms with Gasteiger partial charge in [0.25, 0.3) is 0 Å². The van der Waals surface area contributed by atoms with Gasteiger partial charge in [-0.25, -0.2) is 15.0 Å². The van der Waals surface area contributed by atoms with Crippen LogP contribution in [0.2, 0.25) is 0 Å². The van der Waals surface area contributed by atoms with E-state index in [1.165, 1.54) is 0 Å². The van der Waals surface area contributed by atoms with Crippen molar-refractivity contribution < 1.29 is 5.11 Å². The summed E-state index contributed by atoms with van der Waals surface area (Å²) in [6, 6.07) is 0.0867. The standard InChI is InChI=1S/C13H19N5O/c1-17(2)12-11-13(15-7-14-12)18(8-16-11)9-5-3-4-6-10(9)19/h7-10,19H,3-6H2,1-2H3/t9-,10-/m0/s1. The predicted molar refractivity (Wildman–Crippen MR) is 73.2 cm³/mol. The SMILES string of the molecule is CN(C)c1ncnc2c1ncn2[C@H]1CCCC[C@@H]1O. The minimum atomic E-state index is -0.302. The molecule has 102 valence electrons. The molecule has 1 N–H and O–H groups in total. The molecule has 1 aliphatic carbocycles. The van der Waals surface area contributed by atoms with E-state index in [0.29, 0.717) is 0 Å². The molecule has 0 saturated heterocycles. The zero-order chi connectivity index (χ0) is 13.4. The molecule has 0 bridgehead atoms. The van der Waals surface area contributed by atoms with Gasteiger partial charge in [0, 0.05) is 14.1 Å². The Morgan fingerprint density at radius 1 is 1.21 bits per heavy atom. The molecule has 6 heteroatoms. The van der Waals surface area contributed by atoms with Crippen molar-refractivity contribution in [3.63, 3.8) is 0 Å². The topological polar surface area (TPSA) is 67.1 Å². The van der Waals surface area contributed by atoms with Crippen molar-refractivity contribution in [2.75, 3.05) is 19.0 Å². The normalized spacial score (nSPS) is 23.7. The molecule has 0 amide bonds. The maximum atomic E-state index is 10.2. The van der Waals surface area contributed by atoms with Gasteiger partial charge < -0.3 is 14.6 Å². The fourth-order valence-electron chi connectivity index (χ4n) is 2.83. The van der Waals surface area contributed by atoms with Crippen molar-refractivity contribution in [2.45, 2.75) is 37.8 Å².